The van der Waals surface area contributed by atoms with E-state index in [1.165, 1.54) is 32.2 Å². The van der Waals surface area contributed by atoms with Gasteiger partial charge in [-0.15, -0.1) is 0 Å². The molecule has 0 bridgehead atoms. The van der Waals surface area contributed by atoms with E-state index in [4.69, 9.17) is 4.74 Å². The summed E-state index contributed by atoms with van der Waals surface area (Å²) in [6, 6.07) is 0.656. The van der Waals surface area contributed by atoms with Gasteiger partial charge < -0.3 is 10.1 Å². The normalized spacial score (nSPS) is 46.5. The van der Waals surface area contributed by atoms with E-state index in [1.807, 2.05) is 0 Å². The molecule has 3 nitrogen and oxygen atoms in total. The molecule has 1 aliphatic carbocycles. The molecule has 2 saturated heterocycles. The Balaban J connectivity index is 1.81. The molecule has 18 heavy (non-hydrogen) atoms. The molecule has 3 fully saturated rings. The molecule has 0 aromatic carbocycles. The van der Waals surface area contributed by atoms with Crippen LogP contribution >= 0.6 is 0 Å². The van der Waals surface area contributed by atoms with Gasteiger partial charge >= 0.3 is 0 Å². The van der Waals surface area contributed by atoms with E-state index in [-0.39, 0.29) is 5.54 Å². The van der Waals surface area contributed by atoms with Crippen LogP contribution in [0.25, 0.3) is 0 Å². The van der Waals surface area contributed by atoms with Crippen molar-refractivity contribution >= 4 is 0 Å². The minimum absolute atomic E-state index is 0.289. The van der Waals surface area contributed by atoms with Gasteiger partial charge in [0.2, 0.25) is 0 Å². The minimum Gasteiger partial charge on any atom is -0.380 e. The van der Waals surface area contributed by atoms with Gasteiger partial charge in [-0.05, 0) is 45.4 Å². The number of piperazine rings is 1. The molecular formula is C15H28N2O. The second-order valence-electron chi connectivity index (χ2n) is 7.04. The van der Waals surface area contributed by atoms with E-state index in [1.54, 1.807) is 0 Å². The summed E-state index contributed by atoms with van der Waals surface area (Å²) in [6.07, 6.45) is 5.27. The van der Waals surface area contributed by atoms with Crippen molar-refractivity contribution in [3.05, 3.63) is 0 Å². The smallest absolute Gasteiger partial charge is 0.0622 e. The summed E-state index contributed by atoms with van der Waals surface area (Å²) in [5.41, 5.74) is 0.657. The van der Waals surface area contributed by atoms with Crippen molar-refractivity contribution in [2.24, 2.45) is 5.92 Å². The van der Waals surface area contributed by atoms with E-state index in [9.17, 15) is 0 Å². The minimum atomic E-state index is 0.289. The van der Waals surface area contributed by atoms with Gasteiger partial charge in [0, 0.05) is 36.8 Å². The van der Waals surface area contributed by atoms with Gasteiger partial charge in [-0.1, -0.05) is 6.92 Å². The van der Waals surface area contributed by atoms with E-state index in [0.717, 1.165) is 25.7 Å². The zero-order chi connectivity index (χ0) is 12.8. The highest BCUT2D eigenvalue weighted by molar-refractivity contribution is 5.09. The summed E-state index contributed by atoms with van der Waals surface area (Å²) in [4.78, 5) is 2.80. The fourth-order valence-corrected chi connectivity index (χ4v) is 3.74. The van der Waals surface area contributed by atoms with Gasteiger partial charge in [-0.2, -0.15) is 0 Å². The Morgan fingerprint density at radius 3 is 2.61 bits per heavy atom. The lowest BCUT2D eigenvalue weighted by molar-refractivity contribution is -0.0290. The van der Waals surface area contributed by atoms with E-state index in [2.05, 4.69) is 31.0 Å². The Morgan fingerprint density at radius 1 is 1.28 bits per heavy atom. The quantitative estimate of drug-likeness (QED) is 0.831. The highest BCUT2D eigenvalue weighted by atomic mass is 16.5. The predicted molar refractivity (Wildman–Crippen MR) is 73.8 cm³/mol. The average molecular weight is 252 g/mol. The molecule has 0 aromatic heterocycles. The number of hydrogen-bond donors (Lipinski definition) is 1. The Kier molecular flexibility index (Phi) is 3.20. The molecule has 0 spiro atoms. The third kappa shape index (κ3) is 2.10. The fourth-order valence-electron chi connectivity index (χ4n) is 3.74. The van der Waals surface area contributed by atoms with Crippen LogP contribution in [-0.4, -0.2) is 48.3 Å². The summed E-state index contributed by atoms with van der Waals surface area (Å²) in [6.45, 7) is 11.4. The van der Waals surface area contributed by atoms with Crippen molar-refractivity contribution in [1.82, 2.24) is 10.2 Å². The number of ether oxygens (including phenoxy) is 1. The third-order valence-electron chi connectivity index (χ3n) is 5.63. The molecule has 0 aromatic rings. The maximum atomic E-state index is 5.64. The Labute approximate surface area is 111 Å². The van der Waals surface area contributed by atoms with Gasteiger partial charge in [0.1, 0.15) is 0 Å². The van der Waals surface area contributed by atoms with Crippen LogP contribution in [0.2, 0.25) is 0 Å². The largest absolute Gasteiger partial charge is 0.380 e. The molecule has 0 radical (unpaired) electrons. The first-order chi connectivity index (χ1) is 8.57. The first-order valence-electron chi connectivity index (χ1n) is 7.67. The van der Waals surface area contributed by atoms with Crippen molar-refractivity contribution in [1.29, 1.82) is 0 Å². The summed E-state index contributed by atoms with van der Waals surface area (Å²) in [7, 11) is 0. The highest BCUT2D eigenvalue weighted by Crippen LogP contribution is 2.46. The predicted octanol–water partition coefficient (Wildman–Crippen LogP) is 2.02. The summed E-state index contributed by atoms with van der Waals surface area (Å²) in [5, 5.41) is 3.83. The second kappa shape index (κ2) is 4.46. The zero-order valence-electron chi connectivity index (χ0n) is 12.2. The molecule has 2 heterocycles. The van der Waals surface area contributed by atoms with Gasteiger partial charge in [-0.3, -0.25) is 4.90 Å². The Morgan fingerprint density at radius 2 is 2.06 bits per heavy atom. The molecule has 1 N–H and O–H groups in total. The van der Waals surface area contributed by atoms with Crippen LogP contribution in [0.5, 0.6) is 0 Å². The maximum absolute atomic E-state index is 5.64. The van der Waals surface area contributed by atoms with Crippen molar-refractivity contribution in [3.8, 4) is 0 Å². The third-order valence-corrected chi connectivity index (χ3v) is 5.63. The first kappa shape index (κ1) is 12.9. The van der Waals surface area contributed by atoms with E-state index >= 15 is 0 Å². The molecule has 3 atom stereocenters. The van der Waals surface area contributed by atoms with Crippen LogP contribution in [0.4, 0.5) is 0 Å². The molecule has 3 unspecified atom stereocenters. The number of rotatable bonds is 3. The van der Waals surface area contributed by atoms with Gasteiger partial charge in [-0.25, -0.2) is 0 Å². The molecule has 3 rings (SSSR count). The van der Waals surface area contributed by atoms with Gasteiger partial charge in [0.15, 0.2) is 0 Å². The lowest BCUT2D eigenvalue weighted by Crippen LogP contribution is -2.71. The standard InChI is InChI=1S/C15H28N2O/c1-4-14(2)11-17(13-7-8-18-9-13)15(3,10-16-14)12-5-6-12/h12-13,16H,4-11H2,1-3H3. The molecule has 0 amide bonds. The van der Waals surface area contributed by atoms with Crippen LogP contribution in [0.3, 0.4) is 0 Å². The number of hydrogen-bond acceptors (Lipinski definition) is 3. The van der Waals surface area contributed by atoms with Crippen molar-refractivity contribution < 1.29 is 4.74 Å². The SMILES string of the molecule is CCC1(C)CN(C2CCOC2)C(C)(C2CC2)CN1. The van der Waals surface area contributed by atoms with Crippen LogP contribution < -0.4 is 5.32 Å². The zero-order valence-corrected chi connectivity index (χ0v) is 12.2. The highest BCUT2D eigenvalue weighted by Gasteiger charge is 2.52. The number of nitrogens with one attached hydrogen (secondary N) is 1. The summed E-state index contributed by atoms with van der Waals surface area (Å²) in [5.74, 6) is 0.909. The Hall–Kier alpha value is -0.120. The fraction of sp³-hybridized carbons (Fsp3) is 1.00. The molecule has 1 saturated carbocycles. The van der Waals surface area contributed by atoms with Crippen LogP contribution in [0.15, 0.2) is 0 Å². The topological polar surface area (TPSA) is 24.5 Å². The van der Waals surface area contributed by atoms with Crippen molar-refractivity contribution in [3.63, 3.8) is 0 Å². The average Bonchev–Trinajstić information content (AvgIpc) is 3.10. The van der Waals surface area contributed by atoms with E-state index < -0.39 is 0 Å². The van der Waals surface area contributed by atoms with Crippen molar-refractivity contribution in [2.75, 3.05) is 26.3 Å². The van der Waals surface area contributed by atoms with Crippen LogP contribution in [0.1, 0.15) is 46.5 Å². The molecule has 3 heteroatoms. The van der Waals surface area contributed by atoms with Crippen LogP contribution in [0, 0.1) is 5.92 Å². The first-order valence-corrected chi connectivity index (χ1v) is 7.67. The maximum Gasteiger partial charge on any atom is 0.0622 e. The van der Waals surface area contributed by atoms with Crippen molar-refractivity contribution in [2.45, 2.75) is 63.6 Å². The number of nitrogens with zero attached hydrogens (tertiary/aromatic N) is 1. The summed E-state index contributed by atoms with van der Waals surface area (Å²) < 4.78 is 5.64. The second-order valence-corrected chi connectivity index (χ2v) is 7.04. The molecule has 2 aliphatic heterocycles. The Bertz CT molecular complexity index is 312. The van der Waals surface area contributed by atoms with Crippen LogP contribution in [-0.2, 0) is 4.74 Å². The molecular weight excluding hydrogens is 224 g/mol. The van der Waals surface area contributed by atoms with E-state index in [0.29, 0.717) is 11.6 Å². The summed E-state index contributed by atoms with van der Waals surface area (Å²) >= 11 is 0. The van der Waals surface area contributed by atoms with Gasteiger partial charge in [0.05, 0.1) is 6.61 Å². The molecule has 104 valence electrons. The molecule has 3 aliphatic rings. The lowest BCUT2D eigenvalue weighted by Gasteiger charge is -2.54. The van der Waals surface area contributed by atoms with Gasteiger partial charge in [0.25, 0.3) is 0 Å². The monoisotopic (exact) mass is 252 g/mol. The lowest BCUT2D eigenvalue weighted by atomic mass is 9.82.